The minimum Gasteiger partial charge on any atom is -0.480 e. The van der Waals surface area contributed by atoms with Crippen LogP contribution in [0.15, 0.2) is 30.3 Å². The van der Waals surface area contributed by atoms with E-state index in [9.17, 15) is 14.7 Å². The van der Waals surface area contributed by atoms with Crippen molar-refractivity contribution in [3.63, 3.8) is 0 Å². The first-order valence-electron chi connectivity index (χ1n) is 7.11. The van der Waals surface area contributed by atoms with Crippen LogP contribution in [0.25, 0.3) is 0 Å². The number of carbonyl (C=O) groups is 2. The van der Waals surface area contributed by atoms with E-state index < -0.39 is 17.6 Å². The fourth-order valence-electron chi connectivity index (χ4n) is 2.13. The SMILES string of the molecule is CCC(C)(N[C@@H](CCS)C(=O)O)C(=O)Cc1ccccc1. The zero-order valence-corrected chi connectivity index (χ0v) is 13.4. The van der Waals surface area contributed by atoms with Crippen LogP contribution in [0.3, 0.4) is 0 Å². The van der Waals surface area contributed by atoms with Gasteiger partial charge in [0.2, 0.25) is 0 Å². The first kappa shape index (κ1) is 17.7. The Morgan fingerprint density at radius 3 is 2.43 bits per heavy atom. The molecule has 0 fully saturated rings. The summed E-state index contributed by atoms with van der Waals surface area (Å²) < 4.78 is 0. The van der Waals surface area contributed by atoms with Gasteiger partial charge in [-0.05, 0) is 31.1 Å². The molecule has 116 valence electrons. The lowest BCUT2D eigenvalue weighted by Gasteiger charge is -2.31. The number of hydrogen-bond acceptors (Lipinski definition) is 4. The third-order valence-electron chi connectivity index (χ3n) is 3.74. The van der Waals surface area contributed by atoms with Crippen LogP contribution in [-0.4, -0.2) is 34.2 Å². The largest absolute Gasteiger partial charge is 0.480 e. The second-order valence-corrected chi connectivity index (χ2v) is 5.77. The lowest BCUT2D eigenvalue weighted by Crippen LogP contribution is -2.56. The summed E-state index contributed by atoms with van der Waals surface area (Å²) in [6.45, 7) is 3.65. The zero-order valence-electron chi connectivity index (χ0n) is 12.5. The average molecular weight is 309 g/mol. The van der Waals surface area contributed by atoms with Gasteiger partial charge in [0.1, 0.15) is 6.04 Å². The van der Waals surface area contributed by atoms with Gasteiger partial charge in [0, 0.05) is 6.42 Å². The van der Waals surface area contributed by atoms with E-state index in [-0.39, 0.29) is 5.78 Å². The molecule has 1 aromatic carbocycles. The predicted octanol–water partition coefficient (Wildman–Crippen LogP) is 2.33. The molecule has 0 aromatic heterocycles. The number of thiol groups is 1. The highest BCUT2D eigenvalue weighted by molar-refractivity contribution is 7.80. The Morgan fingerprint density at radius 1 is 1.33 bits per heavy atom. The molecular weight excluding hydrogens is 286 g/mol. The predicted molar refractivity (Wildman–Crippen MR) is 86.9 cm³/mol. The second kappa shape index (κ2) is 8.20. The number of Topliss-reactive ketones (excluding diaryl/α,β-unsaturated/α-hetero) is 1. The lowest BCUT2D eigenvalue weighted by atomic mass is 9.88. The molecule has 0 amide bonds. The van der Waals surface area contributed by atoms with Crippen LogP contribution >= 0.6 is 12.6 Å². The number of rotatable bonds is 9. The van der Waals surface area contributed by atoms with Crippen LogP contribution < -0.4 is 5.32 Å². The Kier molecular flexibility index (Phi) is 6.92. The van der Waals surface area contributed by atoms with Gasteiger partial charge in [0.25, 0.3) is 0 Å². The molecule has 5 heteroatoms. The average Bonchev–Trinajstić information content (AvgIpc) is 2.47. The molecule has 0 spiro atoms. The second-order valence-electron chi connectivity index (χ2n) is 5.32. The molecule has 2 N–H and O–H groups in total. The molecule has 0 heterocycles. The third kappa shape index (κ3) is 5.17. The quantitative estimate of drug-likeness (QED) is 0.613. The summed E-state index contributed by atoms with van der Waals surface area (Å²) in [6.07, 6.45) is 1.22. The van der Waals surface area contributed by atoms with E-state index in [4.69, 9.17) is 0 Å². The van der Waals surface area contributed by atoms with E-state index in [0.717, 1.165) is 5.56 Å². The molecule has 1 aromatic rings. The Morgan fingerprint density at radius 2 is 1.95 bits per heavy atom. The van der Waals surface area contributed by atoms with Crippen LogP contribution in [0.1, 0.15) is 32.3 Å². The van der Waals surface area contributed by atoms with Crippen molar-refractivity contribution in [2.24, 2.45) is 0 Å². The molecule has 0 radical (unpaired) electrons. The van der Waals surface area contributed by atoms with Crippen molar-refractivity contribution in [1.82, 2.24) is 5.32 Å². The van der Waals surface area contributed by atoms with Crippen LogP contribution in [0, 0.1) is 0 Å². The lowest BCUT2D eigenvalue weighted by molar-refractivity contribution is -0.140. The van der Waals surface area contributed by atoms with Crippen molar-refractivity contribution >= 4 is 24.4 Å². The molecule has 1 rings (SSSR count). The summed E-state index contributed by atoms with van der Waals surface area (Å²) >= 11 is 4.08. The fourth-order valence-corrected chi connectivity index (χ4v) is 2.39. The number of carbonyl (C=O) groups excluding carboxylic acids is 1. The van der Waals surface area contributed by atoms with E-state index in [0.29, 0.717) is 25.0 Å². The summed E-state index contributed by atoms with van der Waals surface area (Å²) in [6, 6.07) is 8.72. The molecule has 1 unspecified atom stereocenters. The number of hydrogen-bond donors (Lipinski definition) is 3. The number of carboxylic acid groups (broad SMARTS) is 1. The van der Waals surface area contributed by atoms with E-state index in [1.54, 1.807) is 6.92 Å². The smallest absolute Gasteiger partial charge is 0.320 e. The Labute approximate surface area is 131 Å². The van der Waals surface area contributed by atoms with Gasteiger partial charge in [-0.1, -0.05) is 37.3 Å². The summed E-state index contributed by atoms with van der Waals surface area (Å²) in [5.74, 6) is -0.491. The molecule has 0 bridgehead atoms. The summed E-state index contributed by atoms with van der Waals surface area (Å²) in [4.78, 5) is 23.8. The van der Waals surface area contributed by atoms with Gasteiger partial charge in [-0.3, -0.25) is 14.9 Å². The number of aliphatic carboxylic acids is 1. The molecule has 21 heavy (non-hydrogen) atoms. The van der Waals surface area contributed by atoms with Gasteiger partial charge in [-0.2, -0.15) is 12.6 Å². The minimum absolute atomic E-state index is 0.00149. The molecule has 4 nitrogen and oxygen atoms in total. The van der Waals surface area contributed by atoms with Crippen molar-refractivity contribution in [2.75, 3.05) is 5.75 Å². The number of ketones is 1. The van der Waals surface area contributed by atoms with Gasteiger partial charge in [-0.15, -0.1) is 0 Å². The van der Waals surface area contributed by atoms with Crippen molar-refractivity contribution in [3.8, 4) is 0 Å². The van der Waals surface area contributed by atoms with Crippen molar-refractivity contribution in [1.29, 1.82) is 0 Å². The molecular formula is C16H23NO3S. The maximum atomic E-state index is 12.6. The molecule has 0 aliphatic heterocycles. The van der Waals surface area contributed by atoms with E-state index in [1.807, 2.05) is 37.3 Å². The van der Waals surface area contributed by atoms with Crippen molar-refractivity contribution < 1.29 is 14.7 Å². The van der Waals surface area contributed by atoms with Gasteiger partial charge in [0.15, 0.2) is 5.78 Å². The van der Waals surface area contributed by atoms with E-state index >= 15 is 0 Å². The number of carboxylic acids is 1. The molecule has 2 atom stereocenters. The van der Waals surface area contributed by atoms with Gasteiger partial charge in [-0.25, -0.2) is 0 Å². The molecule has 0 aliphatic rings. The highest BCUT2D eigenvalue weighted by Gasteiger charge is 2.34. The minimum atomic E-state index is -0.948. The Hall–Kier alpha value is -1.33. The van der Waals surface area contributed by atoms with Crippen LogP contribution in [0.5, 0.6) is 0 Å². The fraction of sp³-hybridized carbons (Fsp3) is 0.500. The summed E-state index contributed by atoms with van der Waals surface area (Å²) in [5.41, 5.74) is 0.0898. The highest BCUT2D eigenvalue weighted by Crippen LogP contribution is 2.16. The normalized spacial score (nSPS) is 15.2. The van der Waals surface area contributed by atoms with E-state index in [2.05, 4.69) is 17.9 Å². The maximum Gasteiger partial charge on any atom is 0.320 e. The van der Waals surface area contributed by atoms with Gasteiger partial charge < -0.3 is 5.11 Å². The van der Waals surface area contributed by atoms with Crippen LogP contribution in [0.2, 0.25) is 0 Å². The first-order chi connectivity index (χ1) is 9.92. The highest BCUT2D eigenvalue weighted by atomic mass is 32.1. The van der Waals surface area contributed by atoms with Crippen LogP contribution in [-0.2, 0) is 16.0 Å². The monoisotopic (exact) mass is 309 g/mol. The van der Waals surface area contributed by atoms with Gasteiger partial charge in [0.05, 0.1) is 5.54 Å². The summed E-state index contributed by atoms with van der Waals surface area (Å²) in [5, 5.41) is 12.2. The van der Waals surface area contributed by atoms with Crippen molar-refractivity contribution in [2.45, 2.75) is 44.7 Å². The van der Waals surface area contributed by atoms with E-state index in [1.165, 1.54) is 0 Å². The Bertz CT molecular complexity index is 478. The maximum absolute atomic E-state index is 12.6. The molecule has 0 saturated carbocycles. The zero-order chi connectivity index (χ0) is 15.9. The third-order valence-corrected chi connectivity index (χ3v) is 4.00. The molecule has 0 aliphatic carbocycles. The Balaban J connectivity index is 2.82. The van der Waals surface area contributed by atoms with Crippen LogP contribution in [0.4, 0.5) is 0 Å². The molecule has 0 saturated heterocycles. The number of benzene rings is 1. The van der Waals surface area contributed by atoms with Crippen molar-refractivity contribution in [3.05, 3.63) is 35.9 Å². The first-order valence-corrected chi connectivity index (χ1v) is 7.74. The topological polar surface area (TPSA) is 66.4 Å². The number of nitrogens with one attached hydrogen (secondary N) is 1. The standard InChI is InChI=1S/C16H23NO3S/c1-3-16(2,17-13(9-10-21)15(19)20)14(18)11-12-7-5-4-6-8-12/h4-8,13,17,21H,3,9-11H2,1-2H3,(H,19,20)/t13-,16?/m0/s1. The summed E-state index contributed by atoms with van der Waals surface area (Å²) in [7, 11) is 0. The van der Waals surface area contributed by atoms with Gasteiger partial charge >= 0.3 is 5.97 Å².